The van der Waals surface area contributed by atoms with E-state index in [2.05, 4.69) is 17.7 Å². The standard InChI is InChI=1S/C38H56O11/c1-8-9-21-37(49-35(43)19-17-33(40)41)23-24-38(48-32(37)16-12-27(3)25-36(44)46-7)22-20-29(5)31(47-38)15-11-26(2)10-14-30(39)28(4)13-18-34(42)45-6/h10-14,16,18,25,28-32,39H,8-9,15,17,19-24H2,1-7H3,(H,40,41)/t28-,29-,30-,31+,32-,37+,38-/m0/s1. The van der Waals surface area contributed by atoms with Gasteiger partial charge in [0.05, 0.1) is 39.3 Å². The van der Waals surface area contributed by atoms with Crippen molar-refractivity contribution in [1.82, 2.24) is 0 Å². The third-order valence-electron chi connectivity index (χ3n) is 9.17. The lowest BCUT2D eigenvalue weighted by atomic mass is 9.78. The number of esters is 3. The first-order valence-electron chi connectivity index (χ1n) is 17.2. The van der Waals surface area contributed by atoms with E-state index in [4.69, 9.17) is 24.1 Å². The van der Waals surface area contributed by atoms with Gasteiger partial charge in [-0.05, 0) is 57.4 Å². The molecule has 2 aliphatic heterocycles. The number of carboxylic acid groups (broad SMARTS) is 1. The van der Waals surface area contributed by atoms with E-state index in [1.165, 1.54) is 26.4 Å². The van der Waals surface area contributed by atoms with Crippen molar-refractivity contribution < 1.29 is 53.1 Å². The molecule has 2 heterocycles. The maximum atomic E-state index is 13.0. The van der Waals surface area contributed by atoms with Gasteiger partial charge in [-0.1, -0.05) is 69.2 Å². The summed E-state index contributed by atoms with van der Waals surface area (Å²) in [6, 6.07) is 0. The molecule has 7 atom stereocenters. The Balaban J connectivity index is 2.31. The van der Waals surface area contributed by atoms with Crippen LogP contribution in [0.5, 0.6) is 0 Å². The molecular weight excluding hydrogens is 632 g/mol. The molecule has 2 aliphatic rings. The molecule has 0 radical (unpaired) electrons. The summed E-state index contributed by atoms with van der Waals surface area (Å²) in [5, 5.41) is 19.6. The van der Waals surface area contributed by atoms with Crippen molar-refractivity contribution in [3.05, 3.63) is 59.8 Å². The van der Waals surface area contributed by atoms with Gasteiger partial charge in [0, 0.05) is 30.9 Å². The highest BCUT2D eigenvalue weighted by atomic mass is 16.7. The quantitative estimate of drug-likeness (QED) is 0.0765. The molecule has 0 amide bonds. The third kappa shape index (κ3) is 13.7. The minimum atomic E-state index is -1.08. The average Bonchev–Trinajstić information content (AvgIpc) is 3.08. The number of aliphatic hydroxyl groups is 1. The molecule has 11 nitrogen and oxygen atoms in total. The number of allylic oxidation sites excluding steroid dienone is 4. The smallest absolute Gasteiger partial charge is 0.330 e. The van der Waals surface area contributed by atoms with Gasteiger partial charge in [0.25, 0.3) is 0 Å². The number of rotatable bonds is 17. The van der Waals surface area contributed by atoms with Crippen molar-refractivity contribution in [2.75, 3.05) is 14.2 Å². The Morgan fingerprint density at radius 1 is 0.939 bits per heavy atom. The van der Waals surface area contributed by atoms with E-state index in [9.17, 15) is 24.3 Å². The lowest BCUT2D eigenvalue weighted by Crippen LogP contribution is -2.59. The van der Waals surface area contributed by atoms with E-state index in [-0.39, 0.29) is 30.8 Å². The highest BCUT2D eigenvalue weighted by Crippen LogP contribution is 2.48. The summed E-state index contributed by atoms with van der Waals surface area (Å²) in [5.74, 6) is -3.60. The highest BCUT2D eigenvalue weighted by molar-refractivity contribution is 5.83. The highest BCUT2D eigenvalue weighted by Gasteiger charge is 2.54. The van der Waals surface area contributed by atoms with Crippen LogP contribution >= 0.6 is 0 Å². The summed E-state index contributed by atoms with van der Waals surface area (Å²) >= 11 is 0. The van der Waals surface area contributed by atoms with Crippen molar-refractivity contribution in [3.63, 3.8) is 0 Å². The molecule has 0 unspecified atom stereocenters. The van der Waals surface area contributed by atoms with Crippen LogP contribution in [-0.4, -0.2) is 78.0 Å². The number of carbonyl (C=O) groups excluding carboxylic acids is 3. The fraction of sp³-hybridized carbons (Fsp3) is 0.632. The van der Waals surface area contributed by atoms with E-state index in [0.29, 0.717) is 37.7 Å². The Labute approximate surface area is 291 Å². The Bertz CT molecular complexity index is 1280. The zero-order valence-electron chi connectivity index (χ0n) is 30.1. The van der Waals surface area contributed by atoms with Crippen molar-refractivity contribution in [3.8, 4) is 0 Å². The van der Waals surface area contributed by atoms with Gasteiger partial charge < -0.3 is 33.9 Å². The monoisotopic (exact) mass is 688 g/mol. The molecule has 11 heteroatoms. The van der Waals surface area contributed by atoms with Crippen LogP contribution in [-0.2, 0) is 42.9 Å². The van der Waals surface area contributed by atoms with Crippen LogP contribution in [0.25, 0.3) is 0 Å². The molecule has 0 aromatic carbocycles. The zero-order valence-corrected chi connectivity index (χ0v) is 30.1. The largest absolute Gasteiger partial charge is 0.481 e. The van der Waals surface area contributed by atoms with Gasteiger partial charge in [0.1, 0.15) is 11.7 Å². The molecule has 0 saturated carbocycles. The predicted molar refractivity (Wildman–Crippen MR) is 184 cm³/mol. The van der Waals surface area contributed by atoms with Crippen molar-refractivity contribution in [2.45, 2.75) is 129 Å². The van der Waals surface area contributed by atoms with Crippen molar-refractivity contribution >= 4 is 23.9 Å². The number of unbranched alkanes of at least 4 members (excludes halogenated alkanes) is 1. The molecule has 2 saturated heterocycles. The van der Waals surface area contributed by atoms with Crippen LogP contribution in [0.15, 0.2) is 59.8 Å². The molecule has 1 spiro atoms. The minimum absolute atomic E-state index is 0.157. The van der Waals surface area contributed by atoms with Gasteiger partial charge in [-0.25, -0.2) is 9.59 Å². The Hall–Kier alpha value is -3.54. The number of hydrogen-bond donors (Lipinski definition) is 2. The SMILES string of the molecule is CCCC[C@@]1(OC(=O)CCC(=O)O)CC[C@]2(CC[C@H](C)[C@@H](CC=C(C)C=C[C@H](O)[C@@H](C)C=CC(=O)OC)O2)O[C@H]1C=CC(C)=CC(=O)OC. The van der Waals surface area contributed by atoms with E-state index in [1.54, 1.807) is 31.2 Å². The lowest BCUT2D eigenvalue weighted by molar-refractivity contribution is -0.344. The molecule has 49 heavy (non-hydrogen) atoms. The maximum Gasteiger partial charge on any atom is 0.330 e. The van der Waals surface area contributed by atoms with Gasteiger partial charge in [0.2, 0.25) is 0 Å². The first-order chi connectivity index (χ1) is 23.2. The number of methoxy groups -OCH3 is 2. The molecule has 2 rings (SSSR count). The van der Waals surface area contributed by atoms with Crippen molar-refractivity contribution in [1.29, 1.82) is 0 Å². The molecule has 0 aliphatic carbocycles. The van der Waals surface area contributed by atoms with Crippen LogP contribution in [0.4, 0.5) is 0 Å². The van der Waals surface area contributed by atoms with E-state index >= 15 is 0 Å². The van der Waals surface area contributed by atoms with Crippen LogP contribution in [0.3, 0.4) is 0 Å². The first-order valence-corrected chi connectivity index (χ1v) is 17.2. The first kappa shape index (κ1) is 41.6. The summed E-state index contributed by atoms with van der Waals surface area (Å²) in [6.07, 6.45) is 16.4. The van der Waals surface area contributed by atoms with Crippen LogP contribution in [0, 0.1) is 11.8 Å². The Kier molecular flexibility index (Phi) is 17.2. The third-order valence-corrected chi connectivity index (χ3v) is 9.17. The van der Waals surface area contributed by atoms with Crippen LogP contribution in [0.2, 0.25) is 0 Å². The topological polar surface area (TPSA) is 155 Å². The second-order valence-corrected chi connectivity index (χ2v) is 13.2. The molecule has 2 N–H and O–H groups in total. The van der Waals surface area contributed by atoms with Gasteiger partial charge >= 0.3 is 23.9 Å². The normalized spacial score (nSPS) is 27.8. The van der Waals surface area contributed by atoms with E-state index in [0.717, 1.165) is 24.8 Å². The van der Waals surface area contributed by atoms with Gasteiger partial charge in [0.15, 0.2) is 5.79 Å². The molecule has 274 valence electrons. The summed E-state index contributed by atoms with van der Waals surface area (Å²) < 4.78 is 29.1. The maximum absolute atomic E-state index is 13.0. The van der Waals surface area contributed by atoms with Gasteiger partial charge in [-0.2, -0.15) is 0 Å². The fourth-order valence-electron chi connectivity index (χ4n) is 5.92. The van der Waals surface area contributed by atoms with E-state index < -0.39 is 47.5 Å². The Morgan fingerprint density at radius 3 is 2.31 bits per heavy atom. The predicted octanol–water partition coefficient (Wildman–Crippen LogP) is 6.31. The van der Waals surface area contributed by atoms with Gasteiger partial charge in [-0.15, -0.1) is 0 Å². The van der Waals surface area contributed by atoms with Crippen molar-refractivity contribution in [2.24, 2.45) is 11.8 Å². The second kappa shape index (κ2) is 20.2. The summed E-state index contributed by atoms with van der Waals surface area (Å²) in [5.41, 5.74) is 0.538. The number of carbonyl (C=O) groups is 4. The van der Waals surface area contributed by atoms with Crippen LogP contribution < -0.4 is 0 Å². The zero-order chi connectivity index (χ0) is 36.6. The Morgan fingerprint density at radius 2 is 1.65 bits per heavy atom. The lowest BCUT2D eigenvalue weighted by Gasteiger charge is -2.53. The average molecular weight is 689 g/mol. The molecular formula is C38H56O11. The van der Waals surface area contributed by atoms with Gasteiger partial charge in [-0.3, -0.25) is 9.59 Å². The number of ether oxygens (including phenoxy) is 5. The second-order valence-electron chi connectivity index (χ2n) is 13.2. The minimum Gasteiger partial charge on any atom is -0.481 e. The summed E-state index contributed by atoms with van der Waals surface area (Å²) in [4.78, 5) is 47.3. The number of hydrogen-bond acceptors (Lipinski definition) is 10. The molecule has 0 bridgehead atoms. The molecule has 0 aromatic heterocycles. The fourth-order valence-corrected chi connectivity index (χ4v) is 5.92. The molecule has 0 aromatic rings. The van der Waals surface area contributed by atoms with E-state index in [1.807, 2.05) is 26.8 Å². The number of aliphatic hydroxyl groups excluding tert-OH is 1. The molecule has 2 fully saturated rings. The number of aliphatic carboxylic acids is 1. The van der Waals surface area contributed by atoms with Crippen LogP contribution in [0.1, 0.15) is 98.8 Å². The summed E-state index contributed by atoms with van der Waals surface area (Å²) in [6.45, 7) is 9.71. The number of carboxylic acids is 1. The summed E-state index contributed by atoms with van der Waals surface area (Å²) in [7, 11) is 2.61.